The van der Waals surface area contributed by atoms with Crippen molar-refractivity contribution < 1.29 is 13.9 Å². The number of thioether (sulfide) groups is 1. The zero-order chi connectivity index (χ0) is 17.1. The zero-order valence-electron chi connectivity index (χ0n) is 13.6. The van der Waals surface area contributed by atoms with Crippen molar-refractivity contribution in [3.8, 4) is 5.69 Å². The average Bonchev–Trinajstić information content (AvgIpc) is 3.21. The molecule has 3 aromatic rings. The van der Waals surface area contributed by atoms with Gasteiger partial charge in [0.05, 0.1) is 19.1 Å². The summed E-state index contributed by atoms with van der Waals surface area (Å²) >= 11 is 1.48. The van der Waals surface area contributed by atoms with Crippen molar-refractivity contribution in [1.82, 2.24) is 14.8 Å². The lowest BCUT2D eigenvalue weighted by molar-refractivity contribution is 0.0564. The molecule has 0 aliphatic rings. The minimum Gasteiger partial charge on any atom is -0.463 e. The predicted octanol–water partition coefficient (Wildman–Crippen LogP) is 3.56. The Kier molecular flexibility index (Phi) is 4.71. The predicted molar refractivity (Wildman–Crippen MR) is 90.4 cm³/mol. The van der Waals surface area contributed by atoms with Crippen LogP contribution in [0.2, 0.25) is 0 Å². The molecule has 2 aromatic heterocycles. The van der Waals surface area contributed by atoms with E-state index in [-0.39, 0.29) is 5.76 Å². The smallest absolute Gasteiger partial charge is 0.374 e. The Balaban J connectivity index is 1.82. The Morgan fingerprint density at radius 2 is 2.17 bits per heavy atom. The molecule has 0 amide bonds. The van der Waals surface area contributed by atoms with Crippen molar-refractivity contribution in [2.45, 2.75) is 24.8 Å². The van der Waals surface area contributed by atoms with E-state index in [9.17, 15) is 4.79 Å². The van der Waals surface area contributed by atoms with E-state index >= 15 is 0 Å². The molecule has 0 saturated heterocycles. The van der Waals surface area contributed by atoms with Crippen LogP contribution in [0.1, 0.15) is 27.2 Å². The molecule has 124 valence electrons. The largest absolute Gasteiger partial charge is 0.463 e. The maximum Gasteiger partial charge on any atom is 0.374 e. The summed E-state index contributed by atoms with van der Waals surface area (Å²) < 4.78 is 11.9. The van der Waals surface area contributed by atoms with Gasteiger partial charge >= 0.3 is 5.97 Å². The van der Waals surface area contributed by atoms with Gasteiger partial charge in [0.25, 0.3) is 0 Å². The molecule has 1 aromatic carbocycles. The van der Waals surface area contributed by atoms with Crippen LogP contribution >= 0.6 is 11.8 Å². The van der Waals surface area contributed by atoms with Gasteiger partial charge in [-0.2, -0.15) is 0 Å². The van der Waals surface area contributed by atoms with Crippen LogP contribution in [0.4, 0.5) is 0 Å². The lowest BCUT2D eigenvalue weighted by Crippen LogP contribution is -2.03. The molecule has 0 aliphatic heterocycles. The van der Waals surface area contributed by atoms with E-state index in [2.05, 4.69) is 42.2 Å². The molecular weight excluding hydrogens is 326 g/mol. The van der Waals surface area contributed by atoms with Crippen LogP contribution in [-0.4, -0.2) is 27.8 Å². The van der Waals surface area contributed by atoms with Gasteiger partial charge in [0.2, 0.25) is 5.76 Å². The fourth-order valence-electron chi connectivity index (χ4n) is 2.43. The number of benzene rings is 1. The summed E-state index contributed by atoms with van der Waals surface area (Å²) in [5.74, 6) is 0.277. The van der Waals surface area contributed by atoms with Gasteiger partial charge in [0.1, 0.15) is 6.33 Å². The Morgan fingerprint density at radius 1 is 1.33 bits per heavy atom. The minimum absolute atomic E-state index is 0.225. The lowest BCUT2D eigenvalue weighted by atomic mass is 10.1. The Hall–Kier alpha value is -2.54. The van der Waals surface area contributed by atoms with E-state index in [1.807, 2.05) is 4.57 Å². The molecule has 0 fully saturated rings. The topological polar surface area (TPSA) is 70.2 Å². The monoisotopic (exact) mass is 343 g/mol. The maximum atomic E-state index is 11.7. The van der Waals surface area contributed by atoms with E-state index < -0.39 is 5.97 Å². The maximum absolute atomic E-state index is 11.7. The minimum atomic E-state index is -0.480. The first kappa shape index (κ1) is 16.3. The third-order valence-electron chi connectivity index (χ3n) is 3.60. The number of nitrogens with zero attached hydrogens (tertiary/aromatic N) is 3. The van der Waals surface area contributed by atoms with E-state index in [4.69, 9.17) is 9.15 Å². The van der Waals surface area contributed by atoms with E-state index in [1.54, 1.807) is 12.4 Å². The van der Waals surface area contributed by atoms with Crippen molar-refractivity contribution in [1.29, 1.82) is 0 Å². The fraction of sp³-hybridized carbons (Fsp3) is 0.235. The van der Waals surface area contributed by atoms with Crippen LogP contribution in [-0.2, 0) is 10.5 Å². The van der Waals surface area contributed by atoms with Crippen LogP contribution in [0.25, 0.3) is 5.69 Å². The highest BCUT2D eigenvalue weighted by Gasteiger charge is 2.17. The highest BCUT2D eigenvalue weighted by molar-refractivity contribution is 7.98. The summed E-state index contributed by atoms with van der Waals surface area (Å²) in [5.41, 5.74) is 4.16. The van der Waals surface area contributed by atoms with Crippen LogP contribution in [0.5, 0.6) is 0 Å². The molecule has 2 heterocycles. The zero-order valence-corrected chi connectivity index (χ0v) is 14.5. The molecule has 0 saturated carbocycles. The highest BCUT2D eigenvalue weighted by atomic mass is 32.2. The third-order valence-corrected chi connectivity index (χ3v) is 4.59. The van der Waals surface area contributed by atoms with Crippen LogP contribution in [0, 0.1) is 13.8 Å². The first-order valence-corrected chi connectivity index (χ1v) is 8.34. The summed E-state index contributed by atoms with van der Waals surface area (Å²) in [5, 5.41) is 8.94. The number of ether oxygens (including phenoxy) is 1. The summed E-state index contributed by atoms with van der Waals surface area (Å²) in [6.45, 7) is 4.12. The molecule has 6 nitrogen and oxygen atoms in total. The number of rotatable bonds is 5. The van der Waals surface area contributed by atoms with Crippen LogP contribution < -0.4 is 0 Å². The number of hydrogen-bond donors (Lipinski definition) is 0. The van der Waals surface area contributed by atoms with Gasteiger partial charge in [-0.15, -0.1) is 10.2 Å². The standard InChI is InChI=1S/C17H17N3O3S/c1-11-4-5-14(12(2)8-11)20-10-18-19-17(20)24-9-13-6-7-23-15(13)16(21)22-3/h4-8,10H,9H2,1-3H3. The molecule has 0 atom stereocenters. The first-order valence-electron chi connectivity index (χ1n) is 7.35. The van der Waals surface area contributed by atoms with Crippen molar-refractivity contribution in [3.05, 3.63) is 59.3 Å². The second-order valence-corrected chi connectivity index (χ2v) is 6.27. The molecule has 0 unspecified atom stereocenters. The number of aromatic nitrogens is 3. The fourth-order valence-corrected chi connectivity index (χ4v) is 3.33. The molecule has 0 radical (unpaired) electrons. The van der Waals surface area contributed by atoms with Crippen molar-refractivity contribution in [2.75, 3.05) is 7.11 Å². The first-order chi connectivity index (χ1) is 11.6. The van der Waals surface area contributed by atoms with Gasteiger partial charge in [-0.25, -0.2) is 4.79 Å². The summed E-state index contributed by atoms with van der Waals surface area (Å²) in [6, 6.07) is 7.99. The lowest BCUT2D eigenvalue weighted by Gasteiger charge is -2.10. The van der Waals surface area contributed by atoms with Crippen molar-refractivity contribution in [3.63, 3.8) is 0 Å². The number of carbonyl (C=O) groups excluding carboxylic acids is 1. The number of carbonyl (C=O) groups is 1. The number of hydrogen-bond acceptors (Lipinski definition) is 6. The third kappa shape index (κ3) is 3.21. The molecular formula is C17H17N3O3S. The van der Waals surface area contributed by atoms with Gasteiger partial charge in [0.15, 0.2) is 5.16 Å². The van der Waals surface area contributed by atoms with Gasteiger partial charge in [-0.1, -0.05) is 29.5 Å². The normalized spacial score (nSPS) is 10.8. The Bertz CT molecular complexity index is 870. The molecule has 7 heteroatoms. The van der Waals surface area contributed by atoms with Gasteiger partial charge in [-0.05, 0) is 31.5 Å². The van der Waals surface area contributed by atoms with Crippen LogP contribution in [0.15, 0.2) is 46.4 Å². The molecule has 0 bridgehead atoms. The summed E-state index contributed by atoms with van der Waals surface area (Å²) in [7, 11) is 1.33. The molecule has 0 aliphatic carbocycles. The molecule has 0 spiro atoms. The van der Waals surface area contributed by atoms with Crippen LogP contribution in [0.3, 0.4) is 0 Å². The molecule has 24 heavy (non-hydrogen) atoms. The molecule has 3 rings (SSSR count). The van der Waals surface area contributed by atoms with Crippen molar-refractivity contribution in [2.24, 2.45) is 0 Å². The van der Waals surface area contributed by atoms with Crippen molar-refractivity contribution >= 4 is 17.7 Å². The quantitative estimate of drug-likeness (QED) is 0.521. The van der Waals surface area contributed by atoms with Gasteiger partial charge < -0.3 is 9.15 Å². The summed E-state index contributed by atoms with van der Waals surface area (Å²) in [4.78, 5) is 11.7. The summed E-state index contributed by atoms with van der Waals surface area (Å²) in [6.07, 6.45) is 3.17. The number of aryl methyl sites for hydroxylation is 2. The molecule has 0 N–H and O–H groups in total. The van der Waals surface area contributed by atoms with E-state index in [1.165, 1.54) is 30.7 Å². The van der Waals surface area contributed by atoms with Gasteiger partial charge in [-0.3, -0.25) is 4.57 Å². The number of methoxy groups -OCH3 is 1. The van der Waals surface area contributed by atoms with E-state index in [0.717, 1.165) is 22.0 Å². The van der Waals surface area contributed by atoms with Gasteiger partial charge in [0, 0.05) is 11.3 Å². The second kappa shape index (κ2) is 6.92. The highest BCUT2D eigenvalue weighted by Crippen LogP contribution is 2.27. The SMILES string of the molecule is COC(=O)c1occc1CSc1nncn1-c1ccc(C)cc1C. The number of esters is 1. The van der Waals surface area contributed by atoms with E-state index in [0.29, 0.717) is 5.75 Å². The second-order valence-electron chi connectivity index (χ2n) is 5.33. The number of furan rings is 1. The Labute approximate surface area is 143 Å². The Morgan fingerprint density at radius 3 is 2.92 bits per heavy atom. The average molecular weight is 343 g/mol.